The fourth-order valence-corrected chi connectivity index (χ4v) is 4.62. The van der Waals surface area contributed by atoms with Crippen molar-refractivity contribution in [3.8, 4) is 0 Å². The summed E-state index contributed by atoms with van der Waals surface area (Å²) in [6.45, 7) is 9.20. The van der Waals surface area contributed by atoms with Gasteiger partial charge in [-0.2, -0.15) is 0 Å². The van der Waals surface area contributed by atoms with Crippen molar-refractivity contribution in [3.63, 3.8) is 0 Å². The molecule has 0 bridgehead atoms. The van der Waals surface area contributed by atoms with Crippen molar-refractivity contribution >= 4 is 11.3 Å². The van der Waals surface area contributed by atoms with Gasteiger partial charge in [0, 0.05) is 36.5 Å². The highest BCUT2D eigenvalue weighted by Crippen LogP contribution is 2.26. The number of aliphatic hydroxyl groups excluding tert-OH is 1. The third-order valence-electron chi connectivity index (χ3n) is 5.08. The maximum atomic E-state index is 9.50. The molecule has 2 atom stereocenters. The number of likely N-dealkylation sites (tertiary alicyclic amines) is 2. The normalized spacial score (nSPS) is 27.3. The lowest BCUT2D eigenvalue weighted by molar-refractivity contribution is 0.119. The van der Waals surface area contributed by atoms with Crippen LogP contribution in [0.25, 0.3) is 0 Å². The lowest BCUT2D eigenvalue weighted by Gasteiger charge is -2.31. The van der Waals surface area contributed by atoms with E-state index in [1.807, 2.05) is 0 Å². The first kappa shape index (κ1) is 16.4. The zero-order chi connectivity index (χ0) is 15.5. The number of rotatable bonds is 6. The first-order valence-corrected chi connectivity index (χ1v) is 9.58. The average Bonchev–Trinajstić information content (AvgIpc) is 3.21. The fourth-order valence-electron chi connectivity index (χ4n) is 3.79. The standard InChI is InChI=1S/C17H29N3OS/c1-13(2)17-18-14(12-22-17)9-19-7-3-5-15(19)10-20-8-4-6-16(20)11-21/h12-13,15-16,21H,3-11H2,1-2H3. The van der Waals surface area contributed by atoms with Crippen LogP contribution in [-0.2, 0) is 6.54 Å². The number of nitrogens with zero attached hydrogens (tertiary/aromatic N) is 3. The molecule has 1 aromatic heterocycles. The Morgan fingerprint density at radius 3 is 2.64 bits per heavy atom. The molecule has 1 aromatic rings. The quantitative estimate of drug-likeness (QED) is 0.874. The van der Waals surface area contributed by atoms with E-state index in [1.165, 1.54) is 36.5 Å². The molecule has 0 aliphatic carbocycles. The molecule has 0 amide bonds. The Kier molecular flexibility index (Phi) is 5.50. The second-order valence-corrected chi connectivity index (χ2v) is 7.96. The Balaban J connectivity index is 1.58. The lowest BCUT2D eigenvalue weighted by atomic mass is 10.2. The molecule has 4 nitrogen and oxygen atoms in total. The lowest BCUT2D eigenvalue weighted by Crippen LogP contribution is -2.43. The first-order chi connectivity index (χ1) is 10.7. The van der Waals surface area contributed by atoms with Crippen LogP contribution in [0.4, 0.5) is 0 Å². The number of aromatic nitrogens is 1. The Morgan fingerprint density at radius 2 is 1.95 bits per heavy atom. The van der Waals surface area contributed by atoms with Crippen LogP contribution in [0.3, 0.4) is 0 Å². The largest absolute Gasteiger partial charge is 0.395 e. The highest BCUT2D eigenvalue weighted by Gasteiger charge is 2.31. The Labute approximate surface area is 138 Å². The van der Waals surface area contributed by atoms with Crippen LogP contribution in [0.5, 0.6) is 0 Å². The molecule has 1 N–H and O–H groups in total. The summed E-state index contributed by atoms with van der Waals surface area (Å²) >= 11 is 1.80. The summed E-state index contributed by atoms with van der Waals surface area (Å²) in [6, 6.07) is 1.03. The van der Waals surface area contributed by atoms with Gasteiger partial charge in [0.2, 0.25) is 0 Å². The smallest absolute Gasteiger partial charge is 0.0954 e. The highest BCUT2D eigenvalue weighted by molar-refractivity contribution is 7.09. The minimum atomic E-state index is 0.316. The predicted molar refractivity (Wildman–Crippen MR) is 91.3 cm³/mol. The van der Waals surface area contributed by atoms with Crippen molar-refractivity contribution in [2.24, 2.45) is 0 Å². The van der Waals surface area contributed by atoms with E-state index >= 15 is 0 Å². The highest BCUT2D eigenvalue weighted by atomic mass is 32.1. The molecule has 2 unspecified atom stereocenters. The Morgan fingerprint density at radius 1 is 1.23 bits per heavy atom. The molecular formula is C17H29N3OS. The van der Waals surface area contributed by atoms with Crippen LogP contribution in [0.2, 0.25) is 0 Å². The third-order valence-corrected chi connectivity index (χ3v) is 6.28. The SMILES string of the molecule is CC(C)c1nc(CN2CCCC2CN2CCCC2CO)cs1. The summed E-state index contributed by atoms with van der Waals surface area (Å²) in [7, 11) is 0. The van der Waals surface area contributed by atoms with Crippen LogP contribution in [0.1, 0.15) is 56.2 Å². The summed E-state index contributed by atoms with van der Waals surface area (Å²) in [5.41, 5.74) is 1.24. The molecule has 3 rings (SSSR count). The summed E-state index contributed by atoms with van der Waals surface area (Å²) in [5, 5.41) is 13.0. The minimum Gasteiger partial charge on any atom is -0.395 e. The van der Waals surface area contributed by atoms with E-state index in [2.05, 4.69) is 29.0 Å². The van der Waals surface area contributed by atoms with E-state index in [0.717, 1.165) is 26.1 Å². The molecule has 2 fully saturated rings. The Hall–Kier alpha value is -0.490. The summed E-state index contributed by atoms with van der Waals surface area (Å²) in [5.74, 6) is 0.531. The van der Waals surface area contributed by atoms with Gasteiger partial charge in [-0.1, -0.05) is 13.8 Å². The van der Waals surface area contributed by atoms with Crippen LogP contribution < -0.4 is 0 Å². The zero-order valence-corrected chi connectivity index (χ0v) is 14.7. The van der Waals surface area contributed by atoms with Crippen LogP contribution in [0.15, 0.2) is 5.38 Å². The van der Waals surface area contributed by atoms with Gasteiger partial charge in [-0.15, -0.1) is 11.3 Å². The van der Waals surface area contributed by atoms with E-state index in [9.17, 15) is 5.11 Å². The van der Waals surface area contributed by atoms with E-state index in [1.54, 1.807) is 11.3 Å². The van der Waals surface area contributed by atoms with Gasteiger partial charge in [-0.25, -0.2) is 4.98 Å². The van der Waals surface area contributed by atoms with E-state index in [0.29, 0.717) is 24.6 Å². The van der Waals surface area contributed by atoms with E-state index in [-0.39, 0.29) is 0 Å². The first-order valence-electron chi connectivity index (χ1n) is 8.70. The predicted octanol–water partition coefficient (Wildman–Crippen LogP) is 2.69. The van der Waals surface area contributed by atoms with Crippen molar-refractivity contribution < 1.29 is 5.11 Å². The van der Waals surface area contributed by atoms with Crippen molar-refractivity contribution in [1.29, 1.82) is 0 Å². The van der Waals surface area contributed by atoms with Crippen LogP contribution >= 0.6 is 11.3 Å². The van der Waals surface area contributed by atoms with Gasteiger partial charge in [-0.05, 0) is 38.8 Å². The maximum Gasteiger partial charge on any atom is 0.0954 e. The van der Waals surface area contributed by atoms with Gasteiger partial charge < -0.3 is 5.11 Å². The molecule has 2 aliphatic rings. The number of hydrogen-bond donors (Lipinski definition) is 1. The fraction of sp³-hybridized carbons (Fsp3) is 0.824. The number of aliphatic hydroxyl groups is 1. The average molecular weight is 324 g/mol. The van der Waals surface area contributed by atoms with Crippen molar-refractivity contribution in [1.82, 2.24) is 14.8 Å². The van der Waals surface area contributed by atoms with Gasteiger partial charge in [-0.3, -0.25) is 9.80 Å². The van der Waals surface area contributed by atoms with E-state index < -0.39 is 0 Å². The molecule has 0 aromatic carbocycles. The van der Waals surface area contributed by atoms with Gasteiger partial charge in [0.15, 0.2) is 0 Å². The second-order valence-electron chi connectivity index (χ2n) is 7.07. The van der Waals surface area contributed by atoms with Crippen LogP contribution in [-0.4, -0.2) is 58.2 Å². The Bertz CT molecular complexity index is 476. The second kappa shape index (κ2) is 7.39. The summed E-state index contributed by atoms with van der Waals surface area (Å²) in [4.78, 5) is 9.90. The third kappa shape index (κ3) is 3.70. The molecule has 5 heteroatoms. The molecule has 2 saturated heterocycles. The van der Waals surface area contributed by atoms with Gasteiger partial charge in [0.05, 0.1) is 17.3 Å². The monoisotopic (exact) mass is 323 g/mol. The van der Waals surface area contributed by atoms with Gasteiger partial charge in [0.1, 0.15) is 0 Å². The van der Waals surface area contributed by atoms with E-state index in [4.69, 9.17) is 4.98 Å². The molecule has 0 saturated carbocycles. The molecule has 0 radical (unpaired) electrons. The molecule has 22 heavy (non-hydrogen) atoms. The molecular weight excluding hydrogens is 294 g/mol. The molecule has 2 aliphatic heterocycles. The van der Waals surface area contributed by atoms with Crippen molar-refractivity contribution in [2.75, 3.05) is 26.2 Å². The van der Waals surface area contributed by atoms with Gasteiger partial charge >= 0.3 is 0 Å². The van der Waals surface area contributed by atoms with Crippen LogP contribution in [0, 0.1) is 0 Å². The van der Waals surface area contributed by atoms with Gasteiger partial charge in [0.25, 0.3) is 0 Å². The van der Waals surface area contributed by atoms with Crippen molar-refractivity contribution in [3.05, 3.63) is 16.1 Å². The maximum absolute atomic E-state index is 9.50. The minimum absolute atomic E-state index is 0.316. The molecule has 0 spiro atoms. The summed E-state index contributed by atoms with van der Waals surface area (Å²) < 4.78 is 0. The number of thiazole rings is 1. The zero-order valence-electron chi connectivity index (χ0n) is 13.9. The number of hydrogen-bond acceptors (Lipinski definition) is 5. The topological polar surface area (TPSA) is 39.6 Å². The summed E-state index contributed by atoms with van der Waals surface area (Å²) in [6.07, 6.45) is 4.98. The molecule has 124 valence electrons. The molecule has 3 heterocycles. The van der Waals surface area contributed by atoms with Crippen molar-refractivity contribution in [2.45, 2.75) is 64.1 Å².